The van der Waals surface area contributed by atoms with Gasteiger partial charge in [-0.25, -0.2) is 4.79 Å². The van der Waals surface area contributed by atoms with Crippen molar-refractivity contribution in [3.8, 4) is 0 Å². The molecule has 3 nitrogen and oxygen atoms in total. The van der Waals surface area contributed by atoms with Crippen LogP contribution in [0.3, 0.4) is 0 Å². The van der Waals surface area contributed by atoms with Gasteiger partial charge in [0, 0.05) is 5.69 Å². The summed E-state index contributed by atoms with van der Waals surface area (Å²) in [5.74, 6) is 0.166. The monoisotopic (exact) mass is 317 g/mol. The van der Waals surface area contributed by atoms with E-state index in [4.69, 9.17) is 27.9 Å². The fourth-order valence-corrected chi connectivity index (χ4v) is 2.04. The van der Waals surface area contributed by atoms with Crippen molar-refractivity contribution >= 4 is 34.9 Å². The topological polar surface area (TPSA) is 38.3 Å². The first-order chi connectivity index (χ1) is 9.47. The van der Waals surface area contributed by atoms with Crippen molar-refractivity contribution in [2.24, 2.45) is 5.92 Å². The molecule has 1 aromatic carbocycles. The maximum absolute atomic E-state index is 11.9. The van der Waals surface area contributed by atoms with E-state index in [1.165, 1.54) is 0 Å². The molecule has 1 rings (SSSR count). The molecule has 0 unspecified atom stereocenters. The quantitative estimate of drug-likeness (QED) is 0.736. The SMILES string of the molecule is CCC(CC)COC(=O)[C@H](C)Nc1ccc(Cl)c(Cl)c1. The molecule has 0 aliphatic rings. The Balaban J connectivity index is 2.50. The highest BCUT2D eigenvalue weighted by atomic mass is 35.5. The van der Waals surface area contributed by atoms with E-state index in [0.717, 1.165) is 18.5 Å². The van der Waals surface area contributed by atoms with Crippen LogP contribution in [0.4, 0.5) is 5.69 Å². The van der Waals surface area contributed by atoms with Gasteiger partial charge in [0.25, 0.3) is 0 Å². The zero-order valence-electron chi connectivity index (χ0n) is 12.1. The molecule has 0 heterocycles. The molecule has 1 aromatic rings. The fourth-order valence-electron chi connectivity index (χ4n) is 1.74. The first-order valence-electron chi connectivity index (χ1n) is 6.86. The molecule has 0 aromatic heterocycles. The van der Waals surface area contributed by atoms with Crippen LogP contribution in [0.25, 0.3) is 0 Å². The summed E-state index contributed by atoms with van der Waals surface area (Å²) in [5.41, 5.74) is 0.742. The van der Waals surface area contributed by atoms with Crippen molar-refractivity contribution in [2.75, 3.05) is 11.9 Å². The molecule has 0 aliphatic heterocycles. The van der Waals surface area contributed by atoms with Crippen LogP contribution in [0, 0.1) is 5.92 Å². The van der Waals surface area contributed by atoms with Gasteiger partial charge in [-0.15, -0.1) is 0 Å². The Morgan fingerprint density at radius 3 is 2.45 bits per heavy atom. The Morgan fingerprint density at radius 2 is 1.90 bits per heavy atom. The van der Waals surface area contributed by atoms with Gasteiger partial charge in [0.1, 0.15) is 6.04 Å². The molecular weight excluding hydrogens is 297 g/mol. The summed E-state index contributed by atoms with van der Waals surface area (Å²) in [5, 5.41) is 3.99. The second kappa shape index (κ2) is 8.38. The molecule has 20 heavy (non-hydrogen) atoms. The van der Waals surface area contributed by atoms with E-state index in [1.54, 1.807) is 25.1 Å². The van der Waals surface area contributed by atoms with Gasteiger partial charge >= 0.3 is 5.97 Å². The summed E-state index contributed by atoms with van der Waals surface area (Å²) in [4.78, 5) is 11.9. The Labute approximate surface area is 130 Å². The van der Waals surface area contributed by atoms with Gasteiger partial charge in [0.05, 0.1) is 16.7 Å². The van der Waals surface area contributed by atoms with E-state index in [9.17, 15) is 4.79 Å². The minimum Gasteiger partial charge on any atom is -0.464 e. The van der Waals surface area contributed by atoms with Crippen molar-refractivity contribution in [3.63, 3.8) is 0 Å². The Morgan fingerprint density at radius 1 is 1.25 bits per heavy atom. The number of benzene rings is 1. The molecule has 0 amide bonds. The van der Waals surface area contributed by atoms with Crippen LogP contribution in [-0.4, -0.2) is 18.6 Å². The average Bonchev–Trinajstić information content (AvgIpc) is 2.43. The number of ether oxygens (including phenoxy) is 1. The molecule has 0 bridgehead atoms. The van der Waals surface area contributed by atoms with Crippen LogP contribution in [0.5, 0.6) is 0 Å². The van der Waals surface area contributed by atoms with Crippen molar-refractivity contribution < 1.29 is 9.53 Å². The number of rotatable bonds is 7. The highest BCUT2D eigenvalue weighted by Gasteiger charge is 2.16. The van der Waals surface area contributed by atoms with Gasteiger partial charge in [-0.2, -0.15) is 0 Å². The van der Waals surface area contributed by atoms with Crippen LogP contribution in [-0.2, 0) is 9.53 Å². The fraction of sp³-hybridized carbons (Fsp3) is 0.533. The van der Waals surface area contributed by atoms with Crippen LogP contribution in [0.15, 0.2) is 18.2 Å². The van der Waals surface area contributed by atoms with E-state index in [1.807, 2.05) is 0 Å². The van der Waals surface area contributed by atoms with Crippen molar-refractivity contribution in [1.29, 1.82) is 0 Å². The van der Waals surface area contributed by atoms with Crippen LogP contribution < -0.4 is 5.32 Å². The van der Waals surface area contributed by atoms with Crippen LogP contribution >= 0.6 is 23.2 Å². The first-order valence-corrected chi connectivity index (χ1v) is 7.61. The predicted octanol–water partition coefficient (Wildman–Crippen LogP) is 4.77. The van der Waals surface area contributed by atoms with E-state index in [-0.39, 0.29) is 5.97 Å². The molecule has 1 N–H and O–H groups in total. The number of carbonyl (C=O) groups is 1. The average molecular weight is 318 g/mol. The number of hydrogen-bond acceptors (Lipinski definition) is 3. The van der Waals surface area contributed by atoms with E-state index in [2.05, 4.69) is 19.2 Å². The van der Waals surface area contributed by atoms with Gasteiger partial charge in [0.15, 0.2) is 0 Å². The number of esters is 1. The van der Waals surface area contributed by atoms with E-state index >= 15 is 0 Å². The number of hydrogen-bond donors (Lipinski definition) is 1. The largest absolute Gasteiger partial charge is 0.464 e. The summed E-state index contributed by atoms with van der Waals surface area (Å²) in [7, 11) is 0. The zero-order chi connectivity index (χ0) is 15.1. The van der Waals surface area contributed by atoms with E-state index in [0.29, 0.717) is 22.6 Å². The smallest absolute Gasteiger partial charge is 0.328 e. The lowest BCUT2D eigenvalue weighted by Gasteiger charge is -2.17. The summed E-state index contributed by atoms with van der Waals surface area (Å²) in [6.45, 7) is 6.43. The van der Waals surface area contributed by atoms with Crippen molar-refractivity contribution in [1.82, 2.24) is 0 Å². The van der Waals surface area contributed by atoms with Gasteiger partial charge < -0.3 is 10.1 Å². The maximum Gasteiger partial charge on any atom is 0.328 e. The minimum absolute atomic E-state index is 0.261. The third kappa shape index (κ3) is 5.22. The number of anilines is 1. The van der Waals surface area contributed by atoms with Crippen LogP contribution in [0.2, 0.25) is 10.0 Å². The lowest BCUT2D eigenvalue weighted by atomic mass is 10.1. The first kappa shape index (κ1) is 17.1. The normalized spacial score (nSPS) is 12.3. The second-order valence-electron chi connectivity index (χ2n) is 4.81. The lowest BCUT2D eigenvalue weighted by Crippen LogP contribution is -2.29. The standard InChI is InChI=1S/C15H21Cl2NO2/c1-4-11(5-2)9-20-15(19)10(3)18-12-6-7-13(16)14(17)8-12/h6-8,10-11,18H,4-5,9H2,1-3H3/t10-/m0/s1. The molecule has 0 aliphatic carbocycles. The Hall–Kier alpha value is -0.930. The molecule has 0 saturated heterocycles. The van der Waals surface area contributed by atoms with Gasteiger partial charge in [0.2, 0.25) is 0 Å². The third-order valence-corrected chi connectivity index (χ3v) is 4.01. The van der Waals surface area contributed by atoms with Crippen molar-refractivity contribution in [3.05, 3.63) is 28.2 Å². The van der Waals surface area contributed by atoms with Crippen LogP contribution in [0.1, 0.15) is 33.6 Å². The summed E-state index contributed by atoms with van der Waals surface area (Å²) in [6, 6.07) is 4.73. The summed E-state index contributed by atoms with van der Waals surface area (Å²) < 4.78 is 5.31. The molecular formula is C15H21Cl2NO2. The number of nitrogens with one attached hydrogen (secondary N) is 1. The molecule has 0 fully saturated rings. The van der Waals surface area contributed by atoms with Gasteiger partial charge in [-0.1, -0.05) is 49.9 Å². The molecule has 1 atom stereocenters. The molecule has 0 radical (unpaired) electrons. The van der Waals surface area contributed by atoms with Crippen molar-refractivity contribution in [2.45, 2.75) is 39.7 Å². The highest BCUT2D eigenvalue weighted by molar-refractivity contribution is 6.42. The molecule has 5 heteroatoms. The summed E-state index contributed by atoms with van der Waals surface area (Å²) >= 11 is 11.8. The molecule has 112 valence electrons. The van der Waals surface area contributed by atoms with Gasteiger partial charge in [-0.3, -0.25) is 0 Å². The molecule has 0 spiro atoms. The lowest BCUT2D eigenvalue weighted by molar-refractivity contribution is -0.145. The highest BCUT2D eigenvalue weighted by Crippen LogP contribution is 2.25. The maximum atomic E-state index is 11.9. The number of carbonyl (C=O) groups excluding carboxylic acids is 1. The van der Waals surface area contributed by atoms with E-state index < -0.39 is 6.04 Å². The summed E-state index contributed by atoms with van der Waals surface area (Å²) in [6.07, 6.45) is 2.02. The Bertz CT molecular complexity index is 447. The third-order valence-electron chi connectivity index (χ3n) is 3.27. The Kier molecular flexibility index (Phi) is 7.17. The second-order valence-corrected chi connectivity index (χ2v) is 5.62. The molecule has 0 saturated carbocycles. The van der Waals surface area contributed by atoms with Gasteiger partial charge in [-0.05, 0) is 31.0 Å². The zero-order valence-corrected chi connectivity index (χ0v) is 13.6. The predicted molar refractivity (Wildman–Crippen MR) is 84.6 cm³/mol. The number of halogens is 2. The minimum atomic E-state index is -0.429.